The number of benzene rings is 1. The number of guanidine groups is 1. The second-order valence-electron chi connectivity index (χ2n) is 7.31. The molecule has 1 aromatic rings. The van der Waals surface area contributed by atoms with E-state index in [1.165, 1.54) is 6.07 Å². The van der Waals surface area contributed by atoms with Crippen LogP contribution in [0, 0.1) is 0 Å². The lowest BCUT2D eigenvalue weighted by molar-refractivity contribution is -0.00683. The average molecular weight is 519 g/mol. The van der Waals surface area contributed by atoms with E-state index in [0.29, 0.717) is 19.6 Å². The summed E-state index contributed by atoms with van der Waals surface area (Å²) in [5, 5.41) is 19.0. The fourth-order valence-corrected chi connectivity index (χ4v) is 3.00. The Labute approximate surface area is 190 Å². The SMILES string of the molecule is CCNC(=NCC(C)(C)N1CCOCC1)NCCNC(=O)c1ccccc1O.I. The molecule has 2 rings (SSSR count). The van der Waals surface area contributed by atoms with Gasteiger partial charge in [-0.1, -0.05) is 12.1 Å². The number of hydrogen-bond donors (Lipinski definition) is 4. The van der Waals surface area contributed by atoms with Gasteiger partial charge >= 0.3 is 0 Å². The second kappa shape index (κ2) is 12.9. The third-order valence-electron chi connectivity index (χ3n) is 4.69. The molecule has 0 bridgehead atoms. The van der Waals surface area contributed by atoms with Gasteiger partial charge in [-0.2, -0.15) is 0 Å². The molecule has 164 valence electrons. The number of rotatable bonds is 8. The minimum absolute atomic E-state index is 0. The molecule has 9 heteroatoms. The molecule has 0 aromatic heterocycles. The molecule has 0 radical (unpaired) electrons. The zero-order valence-electron chi connectivity index (χ0n) is 17.5. The van der Waals surface area contributed by atoms with E-state index in [0.717, 1.165) is 38.8 Å². The number of carbonyl (C=O) groups is 1. The van der Waals surface area contributed by atoms with Crippen LogP contribution < -0.4 is 16.0 Å². The van der Waals surface area contributed by atoms with Gasteiger partial charge in [-0.05, 0) is 32.9 Å². The largest absolute Gasteiger partial charge is 0.507 e. The fraction of sp³-hybridized carbons (Fsp3) is 0.600. The molecule has 4 N–H and O–H groups in total. The van der Waals surface area contributed by atoms with Gasteiger partial charge in [0.2, 0.25) is 0 Å². The van der Waals surface area contributed by atoms with Gasteiger partial charge < -0.3 is 25.8 Å². The van der Waals surface area contributed by atoms with Gasteiger partial charge in [0.25, 0.3) is 5.91 Å². The number of carbonyl (C=O) groups excluding carboxylic acids is 1. The Bertz CT molecular complexity index is 663. The zero-order valence-corrected chi connectivity index (χ0v) is 19.9. The number of ether oxygens (including phenoxy) is 1. The average Bonchev–Trinajstić information content (AvgIpc) is 2.70. The molecule has 1 saturated heterocycles. The van der Waals surface area contributed by atoms with Crippen LogP contribution in [-0.4, -0.2) is 79.9 Å². The summed E-state index contributed by atoms with van der Waals surface area (Å²) in [6, 6.07) is 6.50. The summed E-state index contributed by atoms with van der Waals surface area (Å²) in [5.41, 5.74) is 0.223. The number of phenols is 1. The molecule has 29 heavy (non-hydrogen) atoms. The monoisotopic (exact) mass is 519 g/mol. The van der Waals surface area contributed by atoms with Crippen LogP contribution in [-0.2, 0) is 4.74 Å². The Morgan fingerprint density at radius 2 is 1.83 bits per heavy atom. The summed E-state index contributed by atoms with van der Waals surface area (Å²) in [7, 11) is 0. The molecular weight excluding hydrogens is 485 g/mol. The van der Waals surface area contributed by atoms with Gasteiger partial charge in [0.05, 0.1) is 25.3 Å². The predicted molar refractivity (Wildman–Crippen MR) is 126 cm³/mol. The summed E-state index contributed by atoms with van der Waals surface area (Å²) < 4.78 is 5.43. The van der Waals surface area contributed by atoms with Crippen molar-refractivity contribution < 1.29 is 14.6 Å². The Morgan fingerprint density at radius 1 is 1.17 bits per heavy atom. The first kappa shape index (κ1) is 25.4. The van der Waals surface area contributed by atoms with Crippen molar-refractivity contribution in [3.05, 3.63) is 29.8 Å². The number of para-hydroxylation sites is 1. The maximum Gasteiger partial charge on any atom is 0.255 e. The second-order valence-corrected chi connectivity index (χ2v) is 7.31. The molecule has 8 nitrogen and oxygen atoms in total. The number of morpholine rings is 1. The van der Waals surface area contributed by atoms with Gasteiger partial charge in [-0.25, -0.2) is 0 Å². The van der Waals surface area contributed by atoms with Crippen molar-refractivity contribution in [3.8, 4) is 5.75 Å². The van der Waals surface area contributed by atoms with Gasteiger partial charge in [0.1, 0.15) is 5.75 Å². The first-order valence-corrected chi connectivity index (χ1v) is 9.85. The highest BCUT2D eigenvalue weighted by Crippen LogP contribution is 2.16. The molecule has 0 atom stereocenters. The Morgan fingerprint density at radius 3 is 2.48 bits per heavy atom. The van der Waals surface area contributed by atoms with Crippen LogP contribution in [0.3, 0.4) is 0 Å². The Kier molecular flexibility index (Phi) is 11.3. The molecule has 1 heterocycles. The van der Waals surface area contributed by atoms with Crippen LogP contribution in [0.4, 0.5) is 0 Å². The van der Waals surface area contributed by atoms with Crippen LogP contribution in [0.25, 0.3) is 0 Å². The minimum Gasteiger partial charge on any atom is -0.507 e. The van der Waals surface area contributed by atoms with E-state index in [1.54, 1.807) is 18.2 Å². The standard InChI is InChI=1S/C20H33N5O3.HI/c1-4-21-19(24-15-20(2,3)25-11-13-28-14-12-25)23-10-9-22-18(27)16-7-5-6-8-17(16)26;/h5-8,26H,4,9-15H2,1-3H3,(H,22,27)(H2,21,23,24);1H. The van der Waals surface area contributed by atoms with Crippen molar-refractivity contribution in [2.75, 3.05) is 52.5 Å². The maximum atomic E-state index is 12.1. The first-order chi connectivity index (χ1) is 13.4. The maximum absolute atomic E-state index is 12.1. The van der Waals surface area contributed by atoms with Gasteiger partial charge in [0.15, 0.2) is 5.96 Å². The lowest BCUT2D eigenvalue weighted by Gasteiger charge is -2.39. The van der Waals surface area contributed by atoms with Crippen LogP contribution in [0.2, 0.25) is 0 Å². The van der Waals surface area contributed by atoms with Crippen LogP contribution >= 0.6 is 24.0 Å². The predicted octanol–water partition coefficient (Wildman–Crippen LogP) is 1.41. The number of aromatic hydroxyl groups is 1. The normalized spacial score (nSPS) is 15.3. The van der Waals surface area contributed by atoms with Crippen molar-refractivity contribution in [3.63, 3.8) is 0 Å². The van der Waals surface area contributed by atoms with Crippen LogP contribution in [0.15, 0.2) is 29.3 Å². The van der Waals surface area contributed by atoms with E-state index in [9.17, 15) is 9.90 Å². The van der Waals surface area contributed by atoms with E-state index in [2.05, 4.69) is 34.7 Å². The topological polar surface area (TPSA) is 98.2 Å². The third-order valence-corrected chi connectivity index (χ3v) is 4.69. The molecule has 1 amide bonds. The fourth-order valence-electron chi connectivity index (χ4n) is 3.00. The molecule has 1 fully saturated rings. The van der Waals surface area contributed by atoms with Gasteiger partial charge in [-0.3, -0.25) is 14.7 Å². The van der Waals surface area contributed by atoms with Crippen LogP contribution in [0.5, 0.6) is 5.75 Å². The number of amides is 1. The quantitative estimate of drug-likeness (QED) is 0.180. The molecule has 0 saturated carbocycles. The van der Waals surface area contributed by atoms with E-state index in [4.69, 9.17) is 9.73 Å². The van der Waals surface area contributed by atoms with Gasteiger partial charge in [0, 0.05) is 38.3 Å². The summed E-state index contributed by atoms with van der Waals surface area (Å²) in [4.78, 5) is 19.2. The molecule has 1 aliphatic rings. The number of aliphatic imine (C=N–C) groups is 1. The Balaban J connectivity index is 0.00000420. The summed E-state index contributed by atoms with van der Waals surface area (Å²) in [6.45, 7) is 12.1. The first-order valence-electron chi connectivity index (χ1n) is 9.85. The molecule has 0 spiro atoms. The van der Waals surface area contributed by atoms with Crippen molar-refractivity contribution in [2.24, 2.45) is 4.99 Å². The van der Waals surface area contributed by atoms with E-state index < -0.39 is 0 Å². The highest BCUT2D eigenvalue weighted by Gasteiger charge is 2.28. The minimum atomic E-state index is -0.296. The number of hydrogen-bond acceptors (Lipinski definition) is 5. The lowest BCUT2D eigenvalue weighted by atomic mass is 10.0. The summed E-state index contributed by atoms with van der Waals surface area (Å²) in [5.74, 6) is 0.407. The van der Waals surface area contributed by atoms with Crippen LogP contribution in [0.1, 0.15) is 31.1 Å². The molecule has 0 unspecified atom stereocenters. The van der Waals surface area contributed by atoms with E-state index in [1.807, 2.05) is 6.92 Å². The Hall–Kier alpha value is -1.59. The van der Waals surface area contributed by atoms with Crippen molar-refractivity contribution in [2.45, 2.75) is 26.3 Å². The highest BCUT2D eigenvalue weighted by atomic mass is 127. The number of nitrogens with zero attached hydrogens (tertiary/aromatic N) is 2. The van der Waals surface area contributed by atoms with Gasteiger partial charge in [-0.15, -0.1) is 24.0 Å². The summed E-state index contributed by atoms with van der Waals surface area (Å²) >= 11 is 0. The third kappa shape index (κ3) is 8.35. The lowest BCUT2D eigenvalue weighted by Crippen LogP contribution is -2.52. The molecule has 0 aliphatic carbocycles. The number of phenolic OH excluding ortho intramolecular Hbond substituents is 1. The number of nitrogens with one attached hydrogen (secondary N) is 3. The molecular formula is C20H34IN5O3. The van der Waals surface area contributed by atoms with Crippen molar-refractivity contribution >= 4 is 35.8 Å². The molecule has 1 aliphatic heterocycles. The summed E-state index contributed by atoms with van der Waals surface area (Å²) in [6.07, 6.45) is 0. The van der Waals surface area contributed by atoms with Crippen molar-refractivity contribution in [1.82, 2.24) is 20.9 Å². The number of halogens is 1. The smallest absolute Gasteiger partial charge is 0.255 e. The zero-order chi connectivity index (χ0) is 20.4. The van der Waals surface area contributed by atoms with E-state index >= 15 is 0 Å². The highest BCUT2D eigenvalue weighted by molar-refractivity contribution is 14.0. The van der Waals surface area contributed by atoms with E-state index in [-0.39, 0.29) is 46.7 Å². The molecule has 1 aromatic carbocycles. The van der Waals surface area contributed by atoms with Crippen molar-refractivity contribution in [1.29, 1.82) is 0 Å².